The molecule has 0 saturated heterocycles. The summed E-state index contributed by atoms with van der Waals surface area (Å²) in [5.74, 6) is -3.71. The number of rotatable bonds is 11. The first kappa shape index (κ1) is 42.8. The second-order valence-electron chi connectivity index (χ2n) is 14.2. The second kappa shape index (κ2) is 18.2. The van der Waals surface area contributed by atoms with Gasteiger partial charge in [0.05, 0.1) is 18.2 Å². The molecule has 0 unspecified atom stereocenters. The topological polar surface area (TPSA) is 166 Å². The number of phenolic OH excluding ortho intramolecular Hbond substituents is 1. The number of phenols is 1. The first-order valence-corrected chi connectivity index (χ1v) is 18.3. The van der Waals surface area contributed by atoms with Crippen LogP contribution in [0.25, 0.3) is 4.96 Å². The maximum Gasteiger partial charge on any atom is 0.430 e. The van der Waals surface area contributed by atoms with Crippen molar-refractivity contribution in [2.45, 2.75) is 84.8 Å². The number of thiazole rings is 1. The molecule has 2 heterocycles. The number of amides is 3. The zero-order valence-corrected chi connectivity index (χ0v) is 32.5. The van der Waals surface area contributed by atoms with Crippen molar-refractivity contribution in [3.05, 3.63) is 118 Å². The van der Waals surface area contributed by atoms with E-state index in [-0.39, 0.29) is 36.1 Å². The number of aromatic nitrogens is 2. The van der Waals surface area contributed by atoms with Crippen LogP contribution < -0.4 is 25.5 Å². The summed E-state index contributed by atoms with van der Waals surface area (Å²) in [5, 5.41) is 27.1. The van der Waals surface area contributed by atoms with Gasteiger partial charge in [-0.1, -0.05) is 68.5 Å². The molecular weight excluding hydrogens is 752 g/mol. The van der Waals surface area contributed by atoms with Crippen molar-refractivity contribution in [1.29, 1.82) is 0 Å². The number of urea groups is 1. The lowest BCUT2D eigenvalue weighted by Gasteiger charge is -2.19. The van der Waals surface area contributed by atoms with Crippen molar-refractivity contribution in [3.8, 4) is 5.75 Å². The number of carbonyl (C=O) groups excluding carboxylic acids is 4. The van der Waals surface area contributed by atoms with Gasteiger partial charge in [-0.2, -0.15) is 17.6 Å². The summed E-state index contributed by atoms with van der Waals surface area (Å²) in [6.45, 7) is 13.1. The molecule has 3 amide bonds. The molecule has 1 atom stereocenters. The summed E-state index contributed by atoms with van der Waals surface area (Å²) in [4.78, 5) is 50.1. The fraction of sp³-hybridized carbons (Fsp3) is 0.325. The number of alkyl halides is 3. The Kier molecular flexibility index (Phi) is 13.9. The van der Waals surface area contributed by atoms with Gasteiger partial charge in [-0.05, 0) is 79.3 Å². The maximum atomic E-state index is 13.7. The smallest absolute Gasteiger partial charge is 0.430 e. The van der Waals surface area contributed by atoms with Crippen LogP contribution >= 0.6 is 11.3 Å². The van der Waals surface area contributed by atoms with Gasteiger partial charge in [0.2, 0.25) is 5.91 Å². The average Bonchev–Trinajstić information content (AvgIpc) is 3.63. The van der Waals surface area contributed by atoms with Crippen LogP contribution in [-0.4, -0.2) is 51.9 Å². The lowest BCUT2D eigenvalue weighted by molar-refractivity contribution is -0.506. The number of carbonyl (C=O) groups is 4. The SMILES string of the molecule is Cc1c[n+]2cc(CNC(=O)[C@H](Cc3ccc(O)cc3)NC(=O)Nc3ccc(C(=O)OC(C)C)cc3)n(Cc3ccc(C(C)(C)C)cc3)c2s1.O=C([O-])C(F)(F)F. The van der Waals surface area contributed by atoms with Gasteiger partial charge >= 0.3 is 23.1 Å². The summed E-state index contributed by atoms with van der Waals surface area (Å²) in [7, 11) is 0. The first-order valence-electron chi connectivity index (χ1n) is 17.5. The van der Waals surface area contributed by atoms with E-state index < -0.39 is 30.2 Å². The van der Waals surface area contributed by atoms with E-state index in [1.54, 1.807) is 73.7 Å². The van der Waals surface area contributed by atoms with E-state index in [0.717, 1.165) is 21.8 Å². The lowest BCUT2D eigenvalue weighted by Crippen LogP contribution is -2.49. The summed E-state index contributed by atoms with van der Waals surface area (Å²) >= 11 is 1.69. The average molecular weight is 796 g/mol. The number of nitrogens with zero attached hydrogens (tertiary/aromatic N) is 2. The first-order chi connectivity index (χ1) is 26.2. The quantitative estimate of drug-likeness (QED) is 0.100. The van der Waals surface area contributed by atoms with Gasteiger partial charge in [0, 0.05) is 17.0 Å². The second-order valence-corrected chi connectivity index (χ2v) is 15.5. The zero-order chi connectivity index (χ0) is 41.4. The normalized spacial score (nSPS) is 12.0. The van der Waals surface area contributed by atoms with E-state index in [4.69, 9.17) is 14.6 Å². The Morgan fingerprint density at radius 1 is 0.911 bits per heavy atom. The molecule has 16 heteroatoms. The number of imidazole rings is 1. The van der Waals surface area contributed by atoms with E-state index in [2.05, 4.69) is 83.1 Å². The molecule has 0 aliphatic carbocycles. The number of aliphatic carboxylic acids is 1. The number of aryl methyl sites for hydroxylation is 1. The highest BCUT2D eigenvalue weighted by Crippen LogP contribution is 2.24. The predicted molar refractivity (Wildman–Crippen MR) is 202 cm³/mol. The Morgan fingerprint density at radius 2 is 1.50 bits per heavy atom. The number of hydrogen-bond donors (Lipinski definition) is 4. The standard InChI is InChI=1S/C38H43N5O5S.C2HF3O2/c1-24(2)48-35(46)28-11-15-30(16-12-28)40-36(47)41-33(19-26-9-17-32(44)18-10-26)34(45)39-20-31-23-42-21-25(3)49-37(42)43(31)22-27-7-13-29(14-8-27)38(4,5)6;3-2(4,5)1(6)7/h7-18,21,23-24,33H,19-20,22H2,1-6H3,(H3-,39,40,41,44,45,46,47);(H,6,7)/t33-;/m0./s1. The maximum absolute atomic E-state index is 13.7. The van der Waals surface area contributed by atoms with Crippen LogP contribution in [0.4, 0.5) is 23.7 Å². The van der Waals surface area contributed by atoms with Gasteiger partial charge in [0.15, 0.2) is 5.69 Å². The molecule has 2 aromatic heterocycles. The number of fused-ring (bicyclic) bond motifs is 1. The van der Waals surface area contributed by atoms with E-state index in [1.807, 2.05) is 6.20 Å². The highest BCUT2D eigenvalue weighted by Gasteiger charge is 2.29. The number of ether oxygens (including phenoxy) is 1. The van der Waals surface area contributed by atoms with Crippen LogP contribution in [0.3, 0.4) is 0 Å². The van der Waals surface area contributed by atoms with E-state index in [9.17, 15) is 32.7 Å². The molecule has 298 valence electrons. The molecule has 56 heavy (non-hydrogen) atoms. The molecule has 3 aromatic carbocycles. The number of aromatic hydroxyl groups is 1. The third kappa shape index (κ3) is 12.3. The van der Waals surface area contributed by atoms with Crippen LogP contribution in [0.15, 0.2) is 85.2 Å². The Labute approximate surface area is 325 Å². The summed E-state index contributed by atoms with van der Waals surface area (Å²) in [5.41, 5.74) is 4.97. The van der Waals surface area contributed by atoms with Crippen molar-refractivity contribution >= 4 is 45.9 Å². The van der Waals surface area contributed by atoms with Crippen LogP contribution in [0.1, 0.15) is 72.2 Å². The van der Waals surface area contributed by atoms with Crippen LogP contribution in [0.2, 0.25) is 0 Å². The monoisotopic (exact) mass is 795 g/mol. The Bertz CT molecular complexity index is 2140. The number of hydrogen-bond acceptors (Lipinski definition) is 8. The molecule has 0 saturated carbocycles. The van der Waals surface area contributed by atoms with Crippen molar-refractivity contribution in [1.82, 2.24) is 15.2 Å². The zero-order valence-electron chi connectivity index (χ0n) is 31.7. The van der Waals surface area contributed by atoms with Gasteiger partial charge < -0.3 is 35.7 Å². The summed E-state index contributed by atoms with van der Waals surface area (Å²) in [6.07, 6.45) is -1.14. The third-order valence-corrected chi connectivity index (χ3v) is 9.26. The highest BCUT2D eigenvalue weighted by atomic mass is 32.1. The number of esters is 1. The van der Waals surface area contributed by atoms with Crippen molar-refractivity contribution < 1.29 is 51.7 Å². The minimum atomic E-state index is -5.19. The van der Waals surface area contributed by atoms with Crippen molar-refractivity contribution in [2.24, 2.45) is 0 Å². The van der Waals surface area contributed by atoms with Crippen LogP contribution in [-0.2, 0) is 39.3 Å². The van der Waals surface area contributed by atoms with Crippen LogP contribution in [0, 0.1) is 6.92 Å². The third-order valence-electron chi connectivity index (χ3n) is 8.21. The molecule has 0 bridgehead atoms. The lowest BCUT2D eigenvalue weighted by atomic mass is 9.87. The van der Waals surface area contributed by atoms with Crippen molar-refractivity contribution in [3.63, 3.8) is 0 Å². The largest absolute Gasteiger partial charge is 0.542 e. The number of anilines is 1. The molecule has 4 N–H and O–H groups in total. The van der Waals surface area contributed by atoms with Crippen molar-refractivity contribution in [2.75, 3.05) is 5.32 Å². The number of halogens is 3. The number of benzene rings is 3. The molecule has 0 aliphatic rings. The number of carboxylic acid groups (broad SMARTS) is 1. The van der Waals surface area contributed by atoms with Gasteiger partial charge in [-0.25, -0.2) is 14.2 Å². The summed E-state index contributed by atoms with van der Waals surface area (Å²) < 4.78 is 41.1. The van der Waals surface area contributed by atoms with Gasteiger partial charge in [0.25, 0.3) is 0 Å². The van der Waals surface area contributed by atoms with Gasteiger partial charge in [-0.15, -0.1) is 0 Å². The van der Waals surface area contributed by atoms with Crippen LogP contribution in [0.5, 0.6) is 5.75 Å². The minimum Gasteiger partial charge on any atom is -0.542 e. The highest BCUT2D eigenvalue weighted by molar-refractivity contribution is 7.16. The van der Waals surface area contributed by atoms with Gasteiger partial charge in [-0.3, -0.25) is 4.79 Å². The predicted octanol–water partition coefficient (Wildman–Crippen LogP) is 5.56. The Morgan fingerprint density at radius 3 is 2.05 bits per heavy atom. The molecule has 0 aliphatic heterocycles. The molecule has 5 aromatic rings. The molecule has 0 radical (unpaired) electrons. The van der Waals surface area contributed by atoms with E-state index >= 15 is 0 Å². The molecule has 5 rings (SSSR count). The Hall–Kier alpha value is -5.90. The minimum absolute atomic E-state index is 0.0602. The fourth-order valence-electron chi connectivity index (χ4n) is 5.39. The fourth-order valence-corrected chi connectivity index (χ4v) is 6.35. The van der Waals surface area contributed by atoms with Gasteiger partial charge in [0.1, 0.15) is 36.7 Å². The number of carboxylic acids is 1. The molecule has 0 spiro atoms. The summed E-state index contributed by atoms with van der Waals surface area (Å²) in [6, 6.07) is 20.0. The van der Waals surface area contributed by atoms with E-state index in [1.165, 1.54) is 10.4 Å². The number of nitrogens with one attached hydrogen (secondary N) is 3. The van der Waals surface area contributed by atoms with E-state index in [0.29, 0.717) is 17.8 Å². The molecule has 0 fully saturated rings. The molecule has 12 nitrogen and oxygen atoms in total. The molecular formula is C40H44F3N5O7S. The Balaban J connectivity index is 0.000000908.